The van der Waals surface area contributed by atoms with Gasteiger partial charge in [-0.15, -0.1) is 0 Å². The van der Waals surface area contributed by atoms with Crippen molar-refractivity contribution in [3.05, 3.63) is 63.3 Å². The van der Waals surface area contributed by atoms with Gasteiger partial charge in [0.1, 0.15) is 0 Å². The molecule has 1 atom stereocenters. The van der Waals surface area contributed by atoms with Crippen LogP contribution in [0.4, 0.5) is 0 Å². The highest BCUT2D eigenvalue weighted by atomic mass is 16.1. The van der Waals surface area contributed by atoms with E-state index >= 15 is 0 Å². The monoisotopic (exact) mass is 340 g/mol. The van der Waals surface area contributed by atoms with Crippen molar-refractivity contribution in [1.29, 1.82) is 0 Å². The van der Waals surface area contributed by atoms with Gasteiger partial charge in [-0.3, -0.25) is 9.47 Å². The lowest BCUT2D eigenvalue weighted by Gasteiger charge is -2.31. The second-order valence-electron chi connectivity index (χ2n) is 7.08. The molecule has 5 heteroatoms. The third-order valence-corrected chi connectivity index (χ3v) is 4.92. The van der Waals surface area contributed by atoms with Gasteiger partial charge in [0.2, 0.25) is 0 Å². The number of fused-ring (bicyclic) bond motifs is 1. The number of hydrogen-bond acceptors (Lipinski definition) is 4. The minimum atomic E-state index is -0.153. The highest BCUT2D eigenvalue weighted by molar-refractivity contribution is 5.29. The summed E-state index contributed by atoms with van der Waals surface area (Å²) in [6.45, 7) is 10.6. The van der Waals surface area contributed by atoms with Crippen LogP contribution in [-0.2, 0) is 19.5 Å². The van der Waals surface area contributed by atoms with E-state index in [9.17, 15) is 4.79 Å². The Kier molecular flexibility index (Phi) is 5.66. The highest BCUT2D eigenvalue weighted by Gasteiger charge is 2.17. The molecular weight excluding hydrogens is 312 g/mol. The molecule has 0 amide bonds. The Labute approximate surface area is 149 Å². The van der Waals surface area contributed by atoms with Gasteiger partial charge < -0.3 is 5.32 Å². The standard InChI is InChI=1S/C20H28N4O/c1-15-12-17(3)24(20(25)22-15)11-9-21-16(2)13-23-10-8-18-6-4-5-7-19(18)14-23/h4-7,12,16,21H,8-11,13-14H2,1-3H3. The van der Waals surface area contributed by atoms with Crippen LogP contribution in [0.1, 0.15) is 29.4 Å². The molecule has 2 aromatic rings. The zero-order chi connectivity index (χ0) is 17.8. The van der Waals surface area contributed by atoms with Gasteiger partial charge in [0.05, 0.1) is 0 Å². The normalized spacial score (nSPS) is 15.8. The smallest absolute Gasteiger partial charge is 0.311 e. The zero-order valence-corrected chi connectivity index (χ0v) is 15.5. The fourth-order valence-corrected chi connectivity index (χ4v) is 3.63. The third-order valence-electron chi connectivity index (χ3n) is 4.92. The van der Waals surface area contributed by atoms with Crippen LogP contribution in [0.3, 0.4) is 0 Å². The molecule has 0 saturated carbocycles. The molecule has 0 radical (unpaired) electrons. The van der Waals surface area contributed by atoms with Gasteiger partial charge in [0, 0.05) is 50.2 Å². The van der Waals surface area contributed by atoms with Crippen LogP contribution in [0.25, 0.3) is 0 Å². The van der Waals surface area contributed by atoms with Crippen molar-refractivity contribution in [2.75, 3.05) is 19.6 Å². The van der Waals surface area contributed by atoms with E-state index in [1.165, 1.54) is 11.1 Å². The van der Waals surface area contributed by atoms with Gasteiger partial charge in [-0.2, -0.15) is 4.98 Å². The van der Waals surface area contributed by atoms with E-state index in [-0.39, 0.29) is 5.69 Å². The van der Waals surface area contributed by atoms with Crippen molar-refractivity contribution in [3.8, 4) is 0 Å². The number of benzene rings is 1. The molecule has 0 saturated heterocycles. The maximum Gasteiger partial charge on any atom is 0.347 e. The summed E-state index contributed by atoms with van der Waals surface area (Å²) in [5.74, 6) is 0. The topological polar surface area (TPSA) is 50.2 Å². The number of hydrogen-bond donors (Lipinski definition) is 1. The lowest BCUT2D eigenvalue weighted by atomic mass is 10.00. The Morgan fingerprint density at radius 3 is 2.76 bits per heavy atom. The molecule has 134 valence electrons. The van der Waals surface area contributed by atoms with Crippen LogP contribution >= 0.6 is 0 Å². The summed E-state index contributed by atoms with van der Waals surface area (Å²) in [4.78, 5) is 18.5. The minimum Gasteiger partial charge on any atom is -0.311 e. The predicted molar refractivity (Wildman–Crippen MR) is 101 cm³/mol. The summed E-state index contributed by atoms with van der Waals surface area (Å²) >= 11 is 0. The number of aromatic nitrogens is 2. The highest BCUT2D eigenvalue weighted by Crippen LogP contribution is 2.18. The van der Waals surface area contributed by atoms with E-state index in [1.807, 2.05) is 19.9 Å². The predicted octanol–water partition coefficient (Wildman–Crippen LogP) is 1.90. The molecule has 0 fully saturated rings. The van der Waals surface area contributed by atoms with Crippen LogP contribution in [-0.4, -0.2) is 40.1 Å². The first-order chi connectivity index (χ1) is 12.0. The molecule has 1 aliphatic rings. The van der Waals surface area contributed by atoms with E-state index in [0.29, 0.717) is 12.6 Å². The Hall–Kier alpha value is -1.98. The second kappa shape index (κ2) is 7.93. The molecule has 1 unspecified atom stereocenters. The Morgan fingerprint density at radius 2 is 2.00 bits per heavy atom. The van der Waals surface area contributed by atoms with Crippen LogP contribution < -0.4 is 11.0 Å². The van der Waals surface area contributed by atoms with Crippen molar-refractivity contribution in [2.24, 2.45) is 0 Å². The van der Waals surface area contributed by atoms with Gasteiger partial charge in [-0.25, -0.2) is 4.79 Å². The van der Waals surface area contributed by atoms with Crippen molar-refractivity contribution < 1.29 is 0 Å². The molecule has 5 nitrogen and oxygen atoms in total. The van der Waals surface area contributed by atoms with Crippen molar-refractivity contribution >= 4 is 0 Å². The van der Waals surface area contributed by atoms with E-state index in [4.69, 9.17) is 0 Å². The molecule has 0 aliphatic carbocycles. The van der Waals surface area contributed by atoms with Gasteiger partial charge in [-0.1, -0.05) is 24.3 Å². The van der Waals surface area contributed by atoms with E-state index < -0.39 is 0 Å². The molecule has 0 spiro atoms. The van der Waals surface area contributed by atoms with E-state index in [0.717, 1.165) is 44.0 Å². The molecule has 1 N–H and O–H groups in total. The summed E-state index contributed by atoms with van der Waals surface area (Å²) in [6, 6.07) is 11.1. The Morgan fingerprint density at radius 1 is 1.24 bits per heavy atom. The van der Waals surface area contributed by atoms with Crippen LogP contribution in [0.5, 0.6) is 0 Å². The van der Waals surface area contributed by atoms with Crippen LogP contribution in [0.2, 0.25) is 0 Å². The summed E-state index contributed by atoms with van der Waals surface area (Å²) in [5, 5.41) is 3.54. The van der Waals surface area contributed by atoms with Gasteiger partial charge in [-0.05, 0) is 44.4 Å². The SMILES string of the molecule is Cc1cc(C)n(CCNC(C)CN2CCc3ccccc3C2)c(=O)n1. The summed E-state index contributed by atoms with van der Waals surface area (Å²) < 4.78 is 1.74. The maximum atomic E-state index is 12.0. The fraction of sp³-hybridized carbons (Fsp3) is 0.500. The average Bonchev–Trinajstić information content (AvgIpc) is 2.57. The summed E-state index contributed by atoms with van der Waals surface area (Å²) in [7, 11) is 0. The van der Waals surface area contributed by atoms with Crippen molar-refractivity contribution in [1.82, 2.24) is 19.8 Å². The number of rotatable bonds is 6. The number of nitrogens with zero attached hydrogens (tertiary/aromatic N) is 3. The summed E-state index contributed by atoms with van der Waals surface area (Å²) in [5.41, 5.74) is 4.54. The first-order valence-corrected chi connectivity index (χ1v) is 9.10. The molecule has 1 aromatic carbocycles. The Bertz CT molecular complexity index is 784. The zero-order valence-electron chi connectivity index (χ0n) is 15.5. The summed E-state index contributed by atoms with van der Waals surface area (Å²) in [6.07, 6.45) is 1.13. The maximum absolute atomic E-state index is 12.0. The van der Waals surface area contributed by atoms with Crippen LogP contribution in [0.15, 0.2) is 35.1 Å². The fourth-order valence-electron chi connectivity index (χ4n) is 3.63. The molecule has 0 bridgehead atoms. The molecule has 25 heavy (non-hydrogen) atoms. The third kappa shape index (κ3) is 4.55. The van der Waals surface area contributed by atoms with Gasteiger partial charge >= 0.3 is 5.69 Å². The average molecular weight is 340 g/mol. The number of nitrogens with one attached hydrogen (secondary N) is 1. The molecule has 1 aromatic heterocycles. The van der Waals surface area contributed by atoms with Crippen molar-refractivity contribution in [3.63, 3.8) is 0 Å². The Balaban J connectivity index is 1.48. The quantitative estimate of drug-likeness (QED) is 0.873. The minimum absolute atomic E-state index is 0.153. The molecule has 3 rings (SSSR count). The van der Waals surface area contributed by atoms with Gasteiger partial charge in [0.15, 0.2) is 0 Å². The molecule has 1 aliphatic heterocycles. The van der Waals surface area contributed by atoms with E-state index in [1.54, 1.807) is 4.57 Å². The second-order valence-corrected chi connectivity index (χ2v) is 7.08. The van der Waals surface area contributed by atoms with Crippen LogP contribution in [0, 0.1) is 13.8 Å². The molecule has 2 heterocycles. The van der Waals surface area contributed by atoms with Crippen molar-refractivity contribution in [2.45, 2.75) is 46.3 Å². The largest absolute Gasteiger partial charge is 0.347 e. The van der Waals surface area contributed by atoms with Gasteiger partial charge in [0.25, 0.3) is 0 Å². The first kappa shape index (κ1) is 17.8. The first-order valence-electron chi connectivity index (χ1n) is 9.10. The lowest BCUT2D eigenvalue weighted by Crippen LogP contribution is -2.43. The number of aryl methyl sites for hydroxylation is 2. The van der Waals surface area contributed by atoms with E-state index in [2.05, 4.69) is 46.4 Å². The molecular formula is C20H28N4O. The lowest BCUT2D eigenvalue weighted by molar-refractivity contribution is 0.229.